The molecule has 104 valence electrons. The Morgan fingerprint density at radius 3 is 1.82 bits per heavy atom. The molecule has 6 heteroatoms. The Hall–Kier alpha value is 0.327. The Morgan fingerprint density at radius 2 is 1.53 bits per heavy atom. The van der Waals surface area contributed by atoms with Gasteiger partial charge in [-0.1, -0.05) is 52.4 Å². The van der Waals surface area contributed by atoms with Gasteiger partial charge in [-0.15, -0.1) is 0 Å². The van der Waals surface area contributed by atoms with Crippen LogP contribution in [0.4, 0.5) is 0 Å². The van der Waals surface area contributed by atoms with Gasteiger partial charge < -0.3 is 14.0 Å². The van der Waals surface area contributed by atoms with Crippen molar-refractivity contribution in [2.45, 2.75) is 71.0 Å². The van der Waals surface area contributed by atoms with Crippen molar-refractivity contribution in [1.29, 1.82) is 0 Å². The molecular weight excluding hydrogens is 255 g/mol. The van der Waals surface area contributed by atoms with E-state index in [-0.39, 0.29) is 0 Å². The van der Waals surface area contributed by atoms with Gasteiger partial charge in [0.05, 0.1) is 0 Å². The van der Waals surface area contributed by atoms with E-state index in [9.17, 15) is 4.57 Å². The Balaban J connectivity index is 4.56. The van der Waals surface area contributed by atoms with Crippen molar-refractivity contribution in [3.63, 3.8) is 0 Å². The molecule has 2 N–H and O–H groups in total. The molecule has 0 aliphatic heterocycles. The lowest BCUT2D eigenvalue weighted by molar-refractivity contribution is 0.275. The number of unbranched alkanes of at least 4 members (excludes halogenated alkanes) is 2. The zero-order chi connectivity index (χ0) is 13.5. The molecule has 0 amide bonds. The molecule has 0 heterocycles. The normalized spacial score (nSPS) is 13.4. The Labute approximate surface area is 106 Å². The number of rotatable bonds is 9. The second kappa shape index (κ2) is 7.69. The first-order valence-corrected chi connectivity index (χ1v) is 11.0. The van der Waals surface area contributed by atoms with Gasteiger partial charge in [-0.05, 0) is 18.6 Å². The first-order chi connectivity index (χ1) is 7.73. The summed E-state index contributed by atoms with van der Waals surface area (Å²) in [6, 6.07) is 0. The zero-order valence-electron chi connectivity index (χ0n) is 11.5. The quantitative estimate of drug-likeness (QED) is 0.494. The van der Waals surface area contributed by atoms with E-state index in [0.29, 0.717) is 5.54 Å². The van der Waals surface area contributed by atoms with Gasteiger partial charge in [-0.25, -0.2) is 4.57 Å². The van der Waals surface area contributed by atoms with E-state index < -0.39 is 16.1 Å². The molecule has 0 aromatic carbocycles. The van der Waals surface area contributed by atoms with Gasteiger partial charge in [0.15, 0.2) is 0 Å². The van der Waals surface area contributed by atoms with Crippen LogP contribution in [0.1, 0.15) is 52.4 Å². The molecule has 0 fully saturated rings. The average molecular weight is 282 g/mol. The van der Waals surface area contributed by atoms with Crippen molar-refractivity contribution >= 4 is 16.1 Å². The minimum atomic E-state index is -4.34. The van der Waals surface area contributed by atoms with Crippen LogP contribution in [0.5, 0.6) is 0 Å². The highest BCUT2D eigenvalue weighted by atomic mass is 31.2. The minimum absolute atomic E-state index is 0.343. The highest BCUT2D eigenvalue weighted by molar-refractivity contribution is 7.48. The highest BCUT2D eigenvalue weighted by Gasteiger charge is 2.38. The van der Waals surface area contributed by atoms with E-state index >= 15 is 0 Å². The number of phosphoric acid groups is 1. The summed E-state index contributed by atoms with van der Waals surface area (Å²) in [4.78, 5) is 18.0. The summed E-state index contributed by atoms with van der Waals surface area (Å²) in [6.07, 6.45) is 6.49. The maximum Gasteiger partial charge on any atom is 0.459 e. The molecule has 0 aliphatic rings. The van der Waals surface area contributed by atoms with Gasteiger partial charge >= 0.3 is 7.82 Å². The predicted molar refractivity (Wildman–Crippen MR) is 73.4 cm³/mol. The van der Waals surface area contributed by atoms with Crippen molar-refractivity contribution in [1.82, 2.24) is 0 Å². The molecule has 0 aliphatic carbocycles. The maximum atomic E-state index is 11.0. The Bertz CT molecular complexity index is 244. The van der Waals surface area contributed by atoms with Gasteiger partial charge in [0.1, 0.15) is 0 Å². The van der Waals surface area contributed by atoms with Crippen LogP contribution in [0.25, 0.3) is 0 Å². The van der Waals surface area contributed by atoms with Crippen molar-refractivity contribution < 1.29 is 18.6 Å². The lowest BCUT2D eigenvalue weighted by Crippen LogP contribution is -2.35. The third-order valence-electron chi connectivity index (χ3n) is 3.15. The summed E-state index contributed by atoms with van der Waals surface area (Å²) in [7, 11) is -6.65. The zero-order valence-corrected chi connectivity index (χ0v) is 13.4. The lowest BCUT2D eigenvalue weighted by atomic mass is 10.1. The first kappa shape index (κ1) is 17.3. The van der Waals surface area contributed by atoms with Crippen molar-refractivity contribution in [3.05, 3.63) is 0 Å². The SMILES string of the molecule is CCCCC(CCCC)[Si](C)(C)OP(=O)(O)O. The summed E-state index contributed by atoms with van der Waals surface area (Å²) >= 11 is 0. The fourth-order valence-corrected chi connectivity index (χ4v) is 6.97. The van der Waals surface area contributed by atoms with Crippen LogP contribution in [-0.4, -0.2) is 18.1 Å². The van der Waals surface area contributed by atoms with Crippen LogP contribution in [0.3, 0.4) is 0 Å². The van der Waals surface area contributed by atoms with Crippen LogP contribution in [0.2, 0.25) is 18.6 Å². The molecule has 0 aromatic heterocycles. The van der Waals surface area contributed by atoms with Crippen molar-refractivity contribution in [3.8, 4) is 0 Å². The molecule has 0 unspecified atom stereocenters. The van der Waals surface area contributed by atoms with Crippen molar-refractivity contribution in [2.24, 2.45) is 0 Å². The van der Waals surface area contributed by atoms with Gasteiger partial charge in [0.2, 0.25) is 8.32 Å². The number of hydrogen-bond acceptors (Lipinski definition) is 2. The average Bonchev–Trinajstić information content (AvgIpc) is 2.13. The molecule has 0 spiro atoms. The van der Waals surface area contributed by atoms with E-state index in [1.54, 1.807) is 0 Å². The molecule has 4 nitrogen and oxygen atoms in total. The molecule has 0 saturated heterocycles. The fourth-order valence-electron chi connectivity index (χ4n) is 2.12. The van der Waals surface area contributed by atoms with Crippen LogP contribution in [0.15, 0.2) is 0 Å². The Morgan fingerprint density at radius 1 is 1.12 bits per heavy atom. The smallest absolute Gasteiger partial charge is 0.330 e. The molecule has 0 bridgehead atoms. The summed E-state index contributed by atoms with van der Waals surface area (Å²) in [5.74, 6) is 0. The molecule has 17 heavy (non-hydrogen) atoms. The summed E-state index contributed by atoms with van der Waals surface area (Å²) in [5.41, 5.74) is 0.343. The Kier molecular flexibility index (Phi) is 7.84. The van der Waals surface area contributed by atoms with E-state index in [4.69, 9.17) is 14.0 Å². The monoisotopic (exact) mass is 282 g/mol. The molecule has 0 aromatic rings. The predicted octanol–water partition coefficient (Wildman–Crippen LogP) is 4.05. The van der Waals surface area contributed by atoms with E-state index in [1.807, 2.05) is 13.1 Å². The van der Waals surface area contributed by atoms with E-state index in [1.165, 1.54) is 0 Å². The van der Waals surface area contributed by atoms with E-state index in [0.717, 1.165) is 38.5 Å². The van der Waals surface area contributed by atoms with Crippen LogP contribution >= 0.6 is 7.82 Å². The first-order valence-electron chi connectivity index (χ1n) is 6.49. The van der Waals surface area contributed by atoms with Crippen LogP contribution in [0, 0.1) is 0 Å². The van der Waals surface area contributed by atoms with Gasteiger partial charge in [-0.3, -0.25) is 0 Å². The summed E-state index contributed by atoms with van der Waals surface area (Å²) in [6.45, 7) is 8.11. The van der Waals surface area contributed by atoms with E-state index in [2.05, 4.69) is 13.8 Å². The van der Waals surface area contributed by atoms with Gasteiger partial charge in [0, 0.05) is 0 Å². The van der Waals surface area contributed by atoms with Crippen LogP contribution in [-0.2, 0) is 8.78 Å². The second-order valence-corrected chi connectivity index (χ2v) is 10.9. The molecule has 0 rings (SSSR count). The number of hydrogen-bond donors (Lipinski definition) is 2. The minimum Gasteiger partial charge on any atom is -0.330 e. The highest BCUT2D eigenvalue weighted by Crippen LogP contribution is 2.45. The lowest BCUT2D eigenvalue weighted by Gasteiger charge is -2.32. The third-order valence-corrected chi connectivity index (χ3v) is 8.53. The third kappa shape index (κ3) is 8.11. The van der Waals surface area contributed by atoms with Gasteiger partial charge in [0.25, 0.3) is 0 Å². The van der Waals surface area contributed by atoms with Crippen LogP contribution < -0.4 is 0 Å². The molecule has 0 radical (unpaired) electrons. The fraction of sp³-hybridized carbons (Fsp3) is 1.00. The second-order valence-electron chi connectivity index (χ2n) is 5.17. The molecular formula is C11H27O4PSi. The van der Waals surface area contributed by atoms with Gasteiger partial charge in [-0.2, -0.15) is 0 Å². The standard InChI is InChI=1S/C11H27O4PSi/c1-5-7-9-11(10-8-6-2)17(3,4)15-16(12,13)14/h11H,5-10H2,1-4H3,(H2,12,13,14). The summed E-state index contributed by atoms with van der Waals surface area (Å²) < 4.78 is 16.1. The largest absolute Gasteiger partial charge is 0.459 e. The topological polar surface area (TPSA) is 66.8 Å². The summed E-state index contributed by atoms with van der Waals surface area (Å²) in [5, 5.41) is 0. The molecule has 0 atom stereocenters. The molecule has 0 saturated carbocycles. The van der Waals surface area contributed by atoms with Crippen molar-refractivity contribution in [2.75, 3.05) is 0 Å². The maximum absolute atomic E-state index is 11.0.